The minimum atomic E-state index is 0. The largest absolute Gasteiger partial charge is 0.317 e. The van der Waals surface area contributed by atoms with Crippen molar-refractivity contribution in [2.24, 2.45) is 17.8 Å². The van der Waals surface area contributed by atoms with Gasteiger partial charge in [0, 0.05) is 0 Å². The SMILES string of the molecule is C.CC1CCCCC1.CC1CCNCC1.CN1CCCCC1.C[C@H]1CCCNC1. The van der Waals surface area contributed by atoms with E-state index in [2.05, 4.69) is 43.4 Å². The minimum Gasteiger partial charge on any atom is -0.317 e. The molecule has 0 aromatic carbocycles. The van der Waals surface area contributed by atoms with E-state index in [9.17, 15) is 0 Å². The van der Waals surface area contributed by atoms with E-state index in [-0.39, 0.29) is 7.43 Å². The van der Waals surface area contributed by atoms with E-state index in [1.807, 2.05) is 0 Å². The van der Waals surface area contributed by atoms with Crippen LogP contribution >= 0.6 is 0 Å². The normalized spacial score (nSPS) is 26.3. The van der Waals surface area contributed by atoms with E-state index in [4.69, 9.17) is 0 Å². The number of nitrogens with one attached hydrogen (secondary N) is 2. The second-order valence-corrected chi connectivity index (χ2v) is 9.99. The molecular formula is C26H57N3. The second-order valence-electron chi connectivity index (χ2n) is 9.99. The molecule has 1 saturated carbocycles. The lowest BCUT2D eigenvalue weighted by atomic mass is 9.91. The number of rotatable bonds is 0. The summed E-state index contributed by atoms with van der Waals surface area (Å²) in [7, 11) is 2.19. The van der Waals surface area contributed by atoms with E-state index in [1.54, 1.807) is 0 Å². The first-order valence-corrected chi connectivity index (χ1v) is 12.7. The quantitative estimate of drug-likeness (QED) is 0.487. The highest BCUT2D eigenvalue weighted by Gasteiger charge is 2.06. The molecule has 3 nitrogen and oxygen atoms in total. The molecule has 0 bridgehead atoms. The maximum atomic E-state index is 3.33. The number of hydrogen-bond donors (Lipinski definition) is 2. The van der Waals surface area contributed by atoms with Gasteiger partial charge in [-0.05, 0) is 103 Å². The third-order valence-electron chi connectivity index (χ3n) is 6.64. The third kappa shape index (κ3) is 18.4. The average molecular weight is 412 g/mol. The molecule has 4 rings (SSSR count). The first-order chi connectivity index (χ1) is 13.6. The highest BCUT2D eigenvalue weighted by molar-refractivity contribution is 4.64. The van der Waals surface area contributed by atoms with E-state index in [1.165, 1.54) is 116 Å². The Morgan fingerprint density at radius 2 is 1.07 bits per heavy atom. The van der Waals surface area contributed by atoms with Gasteiger partial charge in [0.2, 0.25) is 0 Å². The third-order valence-corrected chi connectivity index (χ3v) is 6.64. The molecule has 0 radical (unpaired) electrons. The molecule has 4 fully saturated rings. The molecule has 1 atom stereocenters. The lowest BCUT2D eigenvalue weighted by Crippen LogP contribution is -2.27. The van der Waals surface area contributed by atoms with Crippen LogP contribution in [-0.2, 0) is 0 Å². The van der Waals surface area contributed by atoms with Crippen LogP contribution in [0.5, 0.6) is 0 Å². The van der Waals surface area contributed by atoms with Gasteiger partial charge in [-0.2, -0.15) is 0 Å². The molecular weight excluding hydrogens is 354 g/mol. The lowest BCUT2D eigenvalue weighted by Gasteiger charge is -2.20. The summed E-state index contributed by atoms with van der Waals surface area (Å²) < 4.78 is 0. The van der Waals surface area contributed by atoms with Crippen molar-refractivity contribution in [1.82, 2.24) is 15.5 Å². The van der Waals surface area contributed by atoms with Gasteiger partial charge in [-0.3, -0.25) is 0 Å². The summed E-state index contributed by atoms with van der Waals surface area (Å²) in [5.41, 5.74) is 0. The molecule has 2 N–H and O–H groups in total. The zero-order valence-electron chi connectivity index (χ0n) is 19.9. The van der Waals surface area contributed by atoms with E-state index < -0.39 is 0 Å². The zero-order valence-corrected chi connectivity index (χ0v) is 19.9. The smallest absolute Gasteiger partial charge is 0.00218 e. The maximum Gasteiger partial charge on any atom is -0.00218 e. The van der Waals surface area contributed by atoms with Crippen LogP contribution in [0, 0.1) is 17.8 Å². The van der Waals surface area contributed by atoms with Crippen LogP contribution in [0.4, 0.5) is 0 Å². The lowest BCUT2D eigenvalue weighted by molar-refractivity contribution is 0.277. The molecule has 4 aliphatic rings. The summed E-state index contributed by atoms with van der Waals surface area (Å²) >= 11 is 0. The van der Waals surface area contributed by atoms with E-state index >= 15 is 0 Å². The van der Waals surface area contributed by atoms with Gasteiger partial charge in [-0.1, -0.05) is 66.7 Å². The Labute approximate surface area is 185 Å². The van der Waals surface area contributed by atoms with Gasteiger partial charge in [0.05, 0.1) is 0 Å². The molecule has 0 spiro atoms. The topological polar surface area (TPSA) is 27.3 Å². The summed E-state index contributed by atoms with van der Waals surface area (Å²) in [6.07, 6.45) is 17.3. The van der Waals surface area contributed by atoms with Crippen molar-refractivity contribution in [3.63, 3.8) is 0 Å². The van der Waals surface area contributed by atoms with Gasteiger partial charge in [-0.15, -0.1) is 0 Å². The summed E-state index contributed by atoms with van der Waals surface area (Å²) in [6.45, 7) is 14.6. The van der Waals surface area contributed by atoms with Crippen molar-refractivity contribution in [3.8, 4) is 0 Å². The fourth-order valence-corrected chi connectivity index (χ4v) is 4.35. The molecule has 3 heterocycles. The van der Waals surface area contributed by atoms with Crippen LogP contribution < -0.4 is 10.6 Å². The van der Waals surface area contributed by atoms with Crippen LogP contribution in [-0.4, -0.2) is 51.2 Å². The second kappa shape index (κ2) is 19.8. The van der Waals surface area contributed by atoms with Gasteiger partial charge >= 0.3 is 0 Å². The number of nitrogens with zero attached hydrogens (tertiary/aromatic N) is 1. The molecule has 3 saturated heterocycles. The van der Waals surface area contributed by atoms with E-state index in [0.717, 1.165) is 17.8 Å². The Bertz CT molecular complexity index is 246. The Kier molecular flexibility index (Phi) is 19.7. The zero-order chi connectivity index (χ0) is 20.5. The van der Waals surface area contributed by atoms with Crippen molar-refractivity contribution in [2.75, 3.05) is 46.3 Å². The predicted molar refractivity (Wildman–Crippen MR) is 133 cm³/mol. The van der Waals surface area contributed by atoms with Gasteiger partial charge in [0.25, 0.3) is 0 Å². The fraction of sp³-hybridized carbons (Fsp3) is 1.00. The first kappa shape index (κ1) is 28.9. The highest BCUT2D eigenvalue weighted by Crippen LogP contribution is 2.22. The van der Waals surface area contributed by atoms with Gasteiger partial charge in [0.1, 0.15) is 0 Å². The molecule has 0 aromatic rings. The molecule has 0 aromatic heterocycles. The number of likely N-dealkylation sites (tertiary alicyclic amines) is 1. The molecule has 0 amide bonds. The molecule has 3 heteroatoms. The molecule has 0 unspecified atom stereocenters. The maximum absolute atomic E-state index is 3.33. The highest BCUT2D eigenvalue weighted by atomic mass is 15.1. The van der Waals surface area contributed by atoms with Crippen LogP contribution in [0.3, 0.4) is 0 Å². The first-order valence-electron chi connectivity index (χ1n) is 12.7. The Hall–Kier alpha value is -0.120. The average Bonchev–Trinajstić information content (AvgIpc) is 2.72. The number of piperidine rings is 3. The van der Waals surface area contributed by atoms with Gasteiger partial charge < -0.3 is 15.5 Å². The monoisotopic (exact) mass is 411 g/mol. The van der Waals surface area contributed by atoms with Gasteiger partial charge in [0.15, 0.2) is 0 Å². The Morgan fingerprint density at radius 3 is 1.34 bits per heavy atom. The summed E-state index contributed by atoms with van der Waals surface area (Å²) in [4.78, 5) is 2.39. The summed E-state index contributed by atoms with van der Waals surface area (Å²) in [5, 5.41) is 6.65. The molecule has 29 heavy (non-hydrogen) atoms. The van der Waals surface area contributed by atoms with Gasteiger partial charge in [-0.25, -0.2) is 0 Å². The molecule has 3 aliphatic heterocycles. The Morgan fingerprint density at radius 1 is 0.552 bits per heavy atom. The van der Waals surface area contributed by atoms with Crippen molar-refractivity contribution in [2.45, 2.75) is 105 Å². The summed E-state index contributed by atoms with van der Waals surface area (Å²) in [6, 6.07) is 0. The van der Waals surface area contributed by atoms with Crippen LogP contribution in [0.1, 0.15) is 105 Å². The van der Waals surface area contributed by atoms with Crippen LogP contribution in [0.25, 0.3) is 0 Å². The van der Waals surface area contributed by atoms with Crippen molar-refractivity contribution in [1.29, 1.82) is 0 Å². The fourth-order valence-electron chi connectivity index (χ4n) is 4.35. The van der Waals surface area contributed by atoms with Crippen LogP contribution in [0.15, 0.2) is 0 Å². The van der Waals surface area contributed by atoms with Crippen LogP contribution in [0.2, 0.25) is 0 Å². The summed E-state index contributed by atoms with van der Waals surface area (Å²) in [5.74, 6) is 2.93. The Balaban J connectivity index is 0.000000356. The number of hydrogen-bond acceptors (Lipinski definition) is 3. The minimum absolute atomic E-state index is 0. The molecule has 1 aliphatic carbocycles. The standard InChI is InChI=1S/C7H14.3C6H13N.CH4/c1-7-5-3-2-4-6-7;1-6-2-4-7-5-3-6;1-6-3-2-4-7-5-6;1-7-5-3-2-4-6-7;/h7H,2-6H2,1H3;2*6-7H,2-5H2,1H3;2-6H2,1H3;1H4/t;;6-;;/m..0../s1. The van der Waals surface area contributed by atoms with Crippen molar-refractivity contribution >= 4 is 0 Å². The molecule has 176 valence electrons. The van der Waals surface area contributed by atoms with Crippen molar-refractivity contribution < 1.29 is 0 Å². The van der Waals surface area contributed by atoms with Crippen molar-refractivity contribution in [3.05, 3.63) is 0 Å². The predicted octanol–water partition coefficient (Wildman–Crippen LogP) is 6.34. The van der Waals surface area contributed by atoms with E-state index in [0.29, 0.717) is 0 Å².